The Morgan fingerprint density at radius 3 is 2.40 bits per heavy atom. The Morgan fingerprint density at radius 1 is 1.00 bits per heavy atom. The molecule has 2 aromatic rings. The van der Waals surface area contributed by atoms with E-state index >= 15 is 0 Å². The topological polar surface area (TPSA) is 55.8 Å². The van der Waals surface area contributed by atoms with Crippen LogP contribution in [0.5, 0.6) is 11.5 Å². The average Bonchev–Trinajstić information content (AvgIpc) is 2.61. The van der Waals surface area contributed by atoms with Crippen molar-refractivity contribution in [2.24, 2.45) is 0 Å². The van der Waals surface area contributed by atoms with Gasteiger partial charge < -0.3 is 9.47 Å². The van der Waals surface area contributed by atoms with E-state index in [0.717, 1.165) is 12.1 Å². The molecule has 25 heavy (non-hydrogen) atoms. The largest absolute Gasteiger partial charge is 0.486 e. The summed E-state index contributed by atoms with van der Waals surface area (Å²) in [6, 6.07) is 7.74. The molecule has 134 valence electrons. The van der Waals surface area contributed by atoms with Crippen molar-refractivity contribution in [2.45, 2.75) is 18.4 Å². The van der Waals surface area contributed by atoms with Gasteiger partial charge in [-0.3, -0.25) is 0 Å². The lowest BCUT2D eigenvalue weighted by atomic mass is 10.2. The Morgan fingerprint density at radius 2 is 1.72 bits per heavy atom. The first kappa shape index (κ1) is 17.6. The highest BCUT2D eigenvalue weighted by atomic mass is 32.2. The summed E-state index contributed by atoms with van der Waals surface area (Å²) in [6.07, 6.45) is 0. The maximum atomic E-state index is 13.4. The number of hydrogen-bond donors (Lipinski definition) is 0. The first-order valence-corrected chi connectivity index (χ1v) is 9.19. The van der Waals surface area contributed by atoms with Gasteiger partial charge in [0, 0.05) is 13.1 Å². The summed E-state index contributed by atoms with van der Waals surface area (Å²) in [6.45, 7) is 2.83. The van der Waals surface area contributed by atoms with E-state index in [1.807, 2.05) is 0 Å². The summed E-state index contributed by atoms with van der Waals surface area (Å²) in [5.74, 6) is -1.11. The van der Waals surface area contributed by atoms with Gasteiger partial charge in [-0.25, -0.2) is 17.2 Å². The third-order valence-corrected chi connectivity index (χ3v) is 5.76. The SMILES string of the molecule is CCN(Cc1ccc2c(c1)OCCO2)S(=O)(=O)c1ccc(F)c(F)c1. The molecule has 8 heteroatoms. The molecule has 0 unspecified atom stereocenters. The Labute approximate surface area is 144 Å². The molecule has 0 atom stereocenters. The van der Waals surface area contributed by atoms with E-state index in [-0.39, 0.29) is 18.0 Å². The Balaban J connectivity index is 1.87. The van der Waals surface area contributed by atoms with Crippen LogP contribution < -0.4 is 9.47 Å². The second-order valence-corrected chi connectivity index (χ2v) is 7.42. The number of fused-ring (bicyclic) bond motifs is 1. The first-order chi connectivity index (χ1) is 11.9. The van der Waals surface area contributed by atoms with E-state index in [1.165, 1.54) is 4.31 Å². The summed E-state index contributed by atoms with van der Waals surface area (Å²) < 4.78 is 64.0. The van der Waals surface area contributed by atoms with Crippen LogP contribution in [0.25, 0.3) is 0 Å². The van der Waals surface area contributed by atoms with E-state index in [9.17, 15) is 17.2 Å². The standard InChI is InChI=1S/C17H17F2NO4S/c1-2-20(25(21,22)13-4-5-14(18)15(19)10-13)11-12-3-6-16-17(9-12)24-8-7-23-16/h3-6,9-10H,2,7-8,11H2,1H3. The van der Waals surface area contributed by atoms with Crippen molar-refractivity contribution in [3.63, 3.8) is 0 Å². The number of rotatable bonds is 5. The van der Waals surface area contributed by atoms with Crippen LogP contribution in [0, 0.1) is 11.6 Å². The van der Waals surface area contributed by atoms with Crippen LogP contribution in [0.3, 0.4) is 0 Å². The van der Waals surface area contributed by atoms with Gasteiger partial charge in [-0.15, -0.1) is 0 Å². The fourth-order valence-corrected chi connectivity index (χ4v) is 3.99. The van der Waals surface area contributed by atoms with Gasteiger partial charge in [0.05, 0.1) is 4.90 Å². The van der Waals surface area contributed by atoms with Crippen molar-refractivity contribution in [3.05, 3.63) is 53.6 Å². The summed E-state index contributed by atoms with van der Waals surface area (Å²) in [5.41, 5.74) is 0.706. The second kappa shape index (κ2) is 6.97. The lowest BCUT2D eigenvalue weighted by Gasteiger charge is -2.23. The van der Waals surface area contributed by atoms with Gasteiger partial charge in [0.2, 0.25) is 10.0 Å². The van der Waals surface area contributed by atoms with Crippen LogP contribution in [-0.4, -0.2) is 32.5 Å². The minimum Gasteiger partial charge on any atom is -0.486 e. The van der Waals surface area contributed by atoms with Gasteiger partial charge >= 0.3 is 0 Å². The highest BCUT2D eigenvalue weighted by Gasteiger charge is 2.25. The highest BCUT2D eigenvalue weighted by Crippen LogP contribution is 2.31. The molecule has 0 saturated carbocycles. The number of hydrogen-bond acceptors (Lipinski definition) is 4. The van der Waals surface area contributed by atoms with Crippen LogP contribution in [0.15, 0.2) is 41.3 Å². The van der Waals surface area contributed by atoms with Gasteiger partial charge in [-0.05, 0) is 35.9 Å². The number of ether oxygens (including phenoxy) is 2. The first-order valence-electron chi connectivity index (χ1n) is 7.75. The molecule has 0 aliphatic carbocycles. The molecule has 0 saturated heterocycles. The average molecular weight is 369 g/mol. The van der Waals surface area contributed by atoms with Crippen LogP contribution in [0.1, 0.15) is 12.5 Å². The number of halogens is 2. The summed E-state index contributed by atoms with van der Waals surface area (Å²) >= 11 is 0. The fraction of sp³-hybridized carbons (Fsp3) is 0.294. The van der Waals surface area contributed by atoms with Crippen LogP contribution >= 0.6 is 0 Å². The molecule has 5 nitrogen and oxygen atoms in total. The molecule has 2 aromatic carbocycles. The third-order valence-electron chi connectivity index (χ3n) is 3.85. The van der Waals surface area contributed by atoms with Gasteiger partial charge in [0.25, 0.3) is 0 Å². The van der Waals surface area contributed by atoms with Gasteiger partial charge in [-0.2, -0.15) is 4.31 Å². The Bertz CT molecular complexity index is 886. The molecule has 0 aromatic heterocycles. The fourth-order valence-electron chi connectivity index (χ4n) is 2.54. The molecule has 0 spiro atoms. The minimum atomic E-state index is -3.96. The van der Waals surface area contributed by atoms with E-state index < -0.39 is 21.7 Å². The van der Waals surface area contributed by atoms with E-state index in [2.05, 4.69) is 0 Å². The summed E-state index contributed by atoms with van der Waals surface area (Å²) in [7, 11) is -3.96. The molecule has 3 rings (SSSR count). The molecule has 0 N–H and O–H groups in total. The van der Waals surface area contributed by atoms with E-state index in [1.54, 1.807) is 25.1 Å². The predicted octanol–water partition coefficient (Wildman–Crippen LogP) is 2.95. The van der Waals surface area contributed by atoms with Gasteiger partial charge in [0.1, 0.15) is 13.2 Å². The lowest BCUT2D eigenvalue weighted by molar-refractivity contribution is 0.171. The lowest BCUT2D eigenvalue weighted by Crippen LogP contribution is -2.30. The normalized spacial score (nSPS) is 13.9. The monoisotopic (exact) mass is 369 g/mol. The van der Waals surface area contributed by atoms with Crippen molar-refractivity contribution in [1.82, 2.24) is 4.31 Å². The number of nitrogens with zero attached hydrogens (tertiary/aromatic N) is 1. The quantitative estimate of drug-likeness (QED) is 0.813. The van der Waals surface area contributed by atoms with E-state index in [0.29, 0.717) is 36.3 Å². The third kappa shape index (κ3) is 3.59. The maximum absolute atomic E-state index is 13.4. The number of sulfonamides is 1. The zero-order valence-corrected chi connectivity index (χ0v) is 14.4. The molecular weight excluding hydrogens is 352 g/mol. The van der Waals surface area contributed by atoms with Crippen molar-refractivity contribution in [1.29, 1.82) is 0 Å². The molecule has 0 fully saturated rings. The minimum absolute atomic E-state index is 0.0778. The van der Waals surface area contributed by atoms with E-state index in [4.69, 9.17) is 9.47 Å². The van der Waals surface area contributed by atoms with Crippen LogP contribution in [0.2, 0.25) is 0 Å². The van der Waals surface area contributed by atoms with Crippen molar-refractivity contribution in [3.8, 4) is 11.5 Å². The Hall–Kier alpha value is -2.19. The van der Waals surface area contributed by atoms with Crippen molar-refractivity contribution in [2.75, 3.05) is 19.8 Å². The summed E-state index contributed by atoms with van der Waals surface area (Å²) in [5, 5.41) is 0. The molecule has 0 radical (unpaired) electrons. The molecule has 0 bridgehead atoms. The predicted molar refractivity (Wildman–Crippen MR) is 87.1 cm³/mol. The zero-order valence-electron chi connectivity index (χ0n) is 13.5. The highest BCUT2D eigenvalue weighted by molar-refractivity contribution is 7.89. The van der Waals surface area contributed by atoms with Crippen molar-refractivity contribution < 1.29 is 26.7 Å². The molecule has 0 amide bonds. The van der Waals surface area contributed by atoms with Crippen LogP contribution in [0.4, 0.5) is 8.78 Å². The number of benzene rings is 2. The molecule has 1 aliphatic heterocycles. The Kier molecular flexibility index (Phi) is 4.91. The van der Waals surface area contributed by atoms with Crippen LogP contribution in [-0.2, 0) is 16.6 Å². The van der Waals surface area contributed by atoms with Crippen molar-refractivity contribution >= 4 is 10.0 Å². The molecule has 1 aliphatic rings. The second-order valence-electron chi connectivity index (χ2n) is 5.49. The zero-order chi connectivity index (χ0) is 18.0. The maximum Gasteiger partial charge on any atom is 0.243 e. The van der Waals surface area contributed by atoms with Gasteiger partial charge in [-0.1, -0.05) is 13.0 Å². The smallest absolute Gasteiger partial charge is 0.243 e. The summed E-state index contributed by atoms with van der Waals surface area (Å²) in [4.78, 5) is -0.286. The van der Waals surface area contributed by atoms with Gasteiger partial charge in [0.15, 0.2) is 23.1 Å². The molecule has 1 heterocycles. The molecular formula is C17H17F2NO4S.